The molecular formula is C10H20N2O3S. The van der Waals surface area contributed by atoms with Gasteiger partial charge in [-0.05, 0) is 24.9 Å². The molecule has 0 aromatic heterocycles. The molecule has 0 aromatic carbocycles. The van der Waals surface area contributed by atoms with E-state index in [-0.39, 0.29) is 12.3 Å². The van der Waals surface area contributed by atoms with Crippen molar-refractivity contribution in [3.05, 3.63) is 0 Å². The number of carbonyl (C=O) groups is 2. The monoisotopic (exact) mass is 248 g/mol. The average molecular weight is 248 g/mol. The Kier molecular flexibility index (Phi) is 8.01. The highest BCUT2D eigenvalue weighted by molar-refractivity contribution is 7.98. The van der Waals surface area contributed by atoms with Gasteiger partial charge in [0, 0.05) is 20.0 Å². The van der Waals surface area contributed by atoms with Gasteiger partial charge in [0.15, 0.2) is 0 Å². The van der Waals surface area contributed by atoms with Crippen molar-refractivity contribution in [3.63, 3.8) is 0 Å². The minimum Gasteiger partial charge on any atom is -0.481 e. The number of carboxylic acids is 1. The molecule has 1 atom stereocenters. The molecule has 0 heterocycles. The van der Waals surface area contributed by atoms with E-state index in [9.17, 15) is 9.59 Å². The number of carboxylic acid groups (broad SMARTS) is 1. The lowest BCUT2D eigenvalue weighted by Crippen LogP contribution is -2.42. The first-order chi connectivity index (χ1) is 7.49. The number of amides is 1. The Morgan fingerprint density at radius 3 is 2.62 bits per heavy atom. The number of thioether (sulfide) groups is 1. The molecule has 0 saturated carbocycles. The number of aliphatic carboxylic acids is 1. The minimum atomic E-state index is -0.840. The number of rotatable bonds is 8. The van der Waals surface area contributed by atoms with Crippen molar-refractivity contribution in [2.45, 2.75) is 25.3 Å². The smallest absolute Gasteiger partial charge is 0.303 e. The van der Waals surface area contributed by atoms with Crippen molar-refractivity contribution in [1.82, 2.24) is 4.90 Å². The van der Waals surface area contributed by atoms with Crippen molar-refractivity contribution >= 4 is 23.6 Å². The van der Waals surface area contributed by atoms with Gasteiger partial charge in [-0.15, -0.1) is 0 Å². The molecule has 0 radical (unpaired) electrons. The quantitative estimate of drug-likeness (QED) is 0.649. The second-order valence-electron chi connectivity index (χ2n) is 3.65. The van der Waals surface area contributed by atoms with E-state index in [4.69, 9.17) is 10.8 Å². The van der Waals surface area contributed by atoms with Gasteiger partial charge in [0.2, 0.25) is 5.91 Å². The van der Waals surface area contributed by atoms with Gasteiger partial charge in [-0.25, -0.2) is 0 Å². The van der Waals surface area contributed by atoms with E-state index in [0.717, 1.165) is 5.75 Å². The zero-order valence-corrected chi connectivity index (χ0v) is 10.6. The molecule has 0 saturated heterocycles. The molecule has 1 amide bonds. The van der Waals surface area contributed by atoms with Crippen molar-refractivity contribution in [1.29, 1.82) is 0 Å². The fraction of sp³-hybridized carbons (Fsp3) is 0.800. The van der Waals surface area contributed by atoms with Crippen LogP contribution in [0.25, 0.3) is 0 Å². The highest BCUT2D eigenvalue weighted by Gasteiger charge is 2.17. The van der Waals surface area contributed by atoms with E-state index in [2.05, 4.69) is 0 Å². The molecule has 0 unspecified atom stereocenters. The molecular weight excluding hydrogens is 228 g/mol. The zero-order valence-electron chi connectivity index (χ0n) is 9.81. The fourth-order valence-corrected chi connectivity index (χ4v) is 1.72. The van der Waals surface area contributed by atoms with Crippen molar-refractivity contribution in [3.8, 4) is 0 Å². The second-order valence-corrected chi connectivity index (χ2v) is 4.63. The molecule has 0 aliphatic rings. The van der Waals surface area contributed by atoms with Crippen LogP contribution in [-0.2, 0) is 9.59 Å². The third kappa shape index (κ3) is 6.68. The summed E-state index contributed by atoms with van der Waals surface area (Å²) in [6.07, 6.45) is 3.17. The topological polar surface area (TPSA) is 83.6 Å². The van der Waals surface area contributed by atoms with Crippen LogP contribution in [0.3, 0.4) is 0 Å². The molecule has 0 fully saturated rings. The third-order valence-electron chi connectivity index (χ3n) is 2.21. The molecule has 94 valence electrons. The lowest BCUT2D eigenvalue weighted by atomic mass is 10.2. The lowest BCUT2D eigenvalue weighted by molar-refractivity contribution is -0.138. The Bertz CT molecular complexity index is 236. The number of hydrogen-bond acceptors (Lipinski definition) is 4. The summed E-state index contributed by atoms with van der Waals surface area (Å²) in [6, 6.07) is -0.470. The SMILES string of the molecule is CSCC[C@@H](N)C(=O)N(C)CCCC(=O)O. The van der Waals surface area contributed by atoms with E-state index in [0.29, 0.717) is 19.4 Å². The van der Waals surface area contributed by atoms with Crippen LogP contribution >= 0.6 is 11.8 Å². The highest BCUT2D eigenvalue weighted by Crippen LogP contribution is 2.02. The molecule has 0 aliphatic carbocycles. The molecule has 0 spiro atoms. The van der Waals surface area contributed by atoms with Gasteiger partial charge in [-0.2, -0.15) is 11.8 Å². The summed E-state index contributed by atoms with van der Waals surface area (Å²) in [5, 5.41) is 8.46. The van der Waals surface area contributed by atoms with Crippen LogP contribution in [0.15, 0.2) is 0 Å². The maximum absolute atomic E-state index is 11.7. The molecule has 0 aliphatic heterocycles. The first-order valence-electron chi connectivity index (χ1n) is 5.20. The van der Waals surface area contributed by atoms with Gasteiger partial charge in [0.05, 0.1) is 6.04 Å². The summed E-state index contributed by atoms with van der Waals surface area (Å²) in [7, 11) is 1.66. The Hall–Kier alpha value is -0.750. The summed E-state index contributed by atoms with van der Waals surface area (Å²) in [5.41, 5.74) is 5.71. The number of hydrogen-bond donors (Lipinski definition) is 2. The van der Waals surface area contributed by atoms with Crippen LogP contribution in [0.5, 0.6) is 0 Å². The summed E-state index contributed by atoms with van der Waals surface area (Å²) >= 11 is 1.65. The van der Waals surface area contributed by atoms with Crippen LogP contribution in [0.4, 0.5) is 0 Å². The Labute approximate surface area is 100 Å². The molecule has 0 rings (SSSR count). The summed E-state index contributed by atoms with van der Waals surface area (Å²) in [4.78, 5) is 23.5. The van der Waals surface area contributed by atoms with Crippen LogP contribution in [-0.4, -0.2) is 53.5 Å². The van der Waals surface area contributed by atoms with Crippen LogP contribution < -0.4 is 5.73 Å². The van der Waals surface area contributed by atoms with Crippen molar-refractivity contribution < 1.29 is 14.7 Å². The van der Waals surface area contributed by atoms with Crippen molar-refractivity contribution in [2.24, 2.45) is 5.73 Å². The Morgan fingerprint density at radius 1 is 1.50 bits per heavy atom. The van der Waals surface area contributed by atoms with Gasteiger partial charge in [0.25, 0.3) is 0 Å². The predicted molar refractivity (Wildman–Crippen MR) is 65.5 cm³/mol. The van der Waals surface area contributed by atoms with Crippen molar-refractivity contribution in [2.75, 3.05) is 25.6 Å². The van der Waals surface area contributed by atoms with Crippen LogP contribution in [0.1, 0.15) is 19.3 Å². The fourth-order valence-electron chi connectivity index (χ4n) is 1.23. The molecule has 6 heteroatoms. The third-order valence-corrected chi connectivity index (χ3v) is 2.85. The molecule has 0 bridgehead atoms. The number of nitrogens with zero attached hydrogens (tertiary/aromatic N) is 1. The van der Waals surface area contributed by atoms with Gasteiger partial charge in [-0.1, -0.05) is 0 Å². The maximum atomic E-state index is 11.7. The largest absolute Gasteiger partial charge is 0.481 e. The summed E-state index contributed by atoms with van der Waals surface area (Å²) in [6.45, 7) is 0.443. The predicted octanol–water partition coefficient (Wildman–Crippen LogP) is 0.390. The summed E-state index contributed by atoms with van der Waals surface area (Å²) < 4.78 is 0. The van der Waals surface area contributed by atoms with E-state index in [1.807, 2.05) is 6.26 Å². The number of likely N-dealkylation sites (N-methyl/N-ethyl adjacent to an activating group) is 1. The Morgan fingerprint density at radius 2 is 2.12 bits per heavy atom. The molecule has 0 aromatic rings. The van der Waals surface area contributed by atoms with Crippen LogP contribution in [0, 0.1) is 0 Å². The highest BCUT2D eigenvalue weighted by atomic mass is 32.2. The zero-order chi connectivity index (χ0) is 12.6. The first-order valence-corrected chi connectivity index (χ1v) is 6.59. The van der Waals surface area contributed by atoms with E-state index >= 15 is 0 Å². The second kappa shape index (κ2) is 8.41. The van der Waals surface area contributed by atoms with Gasteiger partial charge >= 0.3 is 5.97 Å². The summed E-state index contributed by atoms with van der Waals surface area (Å²) in [5.74, 6) is -0.0949. The molecule has 3 N–H and O–H groups in total. The van der Waals surface area contributed by atoms with Crippen LogP contribution in [0.2, 0.25) is 0 Å². The van der Waals surface area contributed by atoms with Gasteiger partial charge in [0.1, 0.15) is 0 Å². The lowest BCUT2D eigenvalue weighted by Gasteiger charge is -2.20. The van der Waals surface area contributed by atoms with E-state index < -0.39 is 12.0 Å². The van der Waals surface area contributed by atoms with E-state index in [1.54, 1.807) is 18.8 Å². The maximum Gasteiger partial charge on any atom is 0.303 e. The first kappa shape index (κ1) is 15.2. The molecule has 16 heavy (non-hydrogen) atoms. The van der Waals surface area contributed by atoms with Gasteiger partial charge in [-0.3, -0.25) is 9.59 Å². The van der Waals surface area contributed by atoms with E-state index in [1.165, 1.54) is 4.90 Å². The minimum absolute atomic E-state index is 0.0810. The average Bonchev–Trinajstić information content (AvgIpc) is 2.24. The normalized spacial score (nSPS) is 12.2. The van der Waals surface area contributed by atoms with Gasteiger partial charge < -0.3 is 15.7 Å². The number of nitrogens with two attached hydrogens (primary N) is 1. The standard InChI is InChI=1S/C10H20N2O3S/c1-12(6-3-4-9(13)14)10(15)8(11)5-7-16-2/h8H,3-7,11H2,1-2H3,(H,13,14)/t8-/m1/s1. The molecule has 5 nitrogen and oxygen atoms in total. The Balaban J connectivity index is 3.83. The number of carbonyl (C=O) groups excluding carboxylic acids is 1.